The summed E-state index contributed by atoms with van der Waals surface area (Å²) in [5.41, 5.74) is 2.20. The second-order valence-corrected chi connectivity index (χ2v) is 6.32. The van der Waals surface area contributed by atoms with E-state index < -0.39 is 5.97 Å². The van der Waals surface area contributed by atoms with Gasteiger partial charge in [0.25, 0.3) is 0 Å². The van der Waals surface area contributed by atoms with Crippen LogP contribution in [0.5, 0.6) is 0 Å². The number of aromatic nitrogens is 3. The SMILES string of the molecule is Cc1nn(-c2ccc(F)cc2)c2nc(C3CC3)c(Cl)c(C(=O)O)c12. The van der Waals surface area contributed by atoms with Crippen molar-refractivity contribution < 1.29 is 14.3 Å². The molecular formula is C17H13ClFN3O2. The van der Waals surface area contributed by atoms with Crippen molar-refractivity contribution in [2.24, 2.45) is 0 Å². The number of hydrogen-bond donors (Lipinski definition) is 1. The molecule has 1 N–H and O–H groups in total. The molecule has 1 fully saturated rings. The molecule has 4 rings (SSSR count). The van der Waals surface area contributed by atoms with Gasteiger partial charge in [-0.05, 0) is 44.0 Å². The molecule has 5 nitrogen and oxygen atoms in total. The summed E-state index contributed by atoms with van der Waals surface area (Å²) >= 11 is 6.34. The van der Waals surface area contributed by atoms with Gasteiger partial charge in [0.05, 0.1) is 33.0 Å². The van der Waals surface area contributed by atoms with Gasteiger partial charge < -0.3 is 5.11 Å². The van der Waals surface area contributed by atoms with Crippen LogP contribution in [0.4, 0.5) is 4.39 Å². The van der Waals surface area contributed by atoms with Crippen molar-refractivity contribution in [3.8, 4) is 5.69 Å². The molecule has 0 radical (unpaired) electrons. The number of carboxylic acids is 1. The summed E-state index contributed by atoms with van der Waals surface area (Å²) in [6.45, 7) is 1.71. The third kappa shape index (κ3) is 2.26. The van der Waals surface area contributed by atoms with Gasteiger partial charge in [0.1, 0.15) is 5.82 Å². The Morgan fingerprint density at radius 2 is 2.00 bits per heavy atom. The number of benzene rings is 1. The molecule has 3 aromatic rings. The maximum Gasteiger partial charge on any atom is 0.338 e. The Balaban J connectivity index is 2.06. The van der Waals surface area contributed by atoms with Crippen LogP contribution in [0.2, 0.25) is 5.02 Å². The van der Waals surface area contributed by atoms with Gasteiger partial charge in [-0.2, -0.15) is 5.10 Å². The molecule has 1 aliphatic carbocycles. The Bertz CT molecular complexity index is 978. The number of fused-ring (bicyclic) bond motifs is 1. The zero-order valence-electron chi connectivity index (χ0n) is 12.8. The standard InChI is InChI=1S/C17H13ClFN3O2/c1-8-12-13(17(23)24)14(18)15(9-2-3-9)20-16(12)22(21-8)11-6-4-10(19)5-7-11/h4-7,9H,2-3H2,1H3,(H,23,24). The van der Waals surface area contributed by atoms with E-state index in [0.29, 0.717) is 28.1 Å². The first-order valence-electron chi connectivity index (χ1n) is 7.55. The van der Waals surface area contributed by atoms with Crippen LogP contribution in [-0.2, 0) is 0 Å². The molecule has 0 spiro atoms. The highest BCUT2D eigenvalue weighted by atomic mass is 35.5. The smallest absolute Gasteiger partial charge is 0.338 e. The Kier molecular flexibility index (Phi) is 3.31. The lowest BCUT2D eigenvalue weighted by molar-refractivity contribution is 0.0699. The molecule has 0 saturated heterocycles. The molecule has 0 amide bonds. The molecule has 0 bridgehead atoms. The number of aryl methyl sites for hydroxylation is 1. The normalized spacial score (nSPS) is 14.3. The fraction of sp³-hybridized carbons (Fsp3) is 0.235. The molecule has 1 aromatic carbocycles. The van der Waals surface area contributed by atoms with Crippen molar-refractivity contribution in [2.45, 2.75) is 25.7 Å². The van der Waals surface area contributed by atoms with Crippen molar-refractivity contribution >= 4 is 28.6 Å². The van der Waals surface area contributed by atoms with Crippen molar-refractivity contribution in [1.29, 1.82) is 0 Å². The van der Waals surface area contributed by atoms with Crippen molar-refractivity contribution in [2.75, 3.05) is 0 Å². The first-order valence-corrected chi connectivity index (χ1v) is 7.93. The van der Waals surface area contributed by atoms with Crippen LogP contribution < -0.4 is 0 Å². The summed E-state index contributed by atoms with van der Waals surface area (Å²) in [6, 6.07) is 5.81. The number of nitrogens with zero attached hydrogens (tertiary/aromatic N) is 3. The summed E-state index contributed by atoms with van der Waals surface area (Å²) < 4.78 is 14.7. The van der Waals surface area contributed by atoms with Gasteiger partial charge >= 0.3 is 5.97 Å². The fourth-order valence-electron chi connectivity index (χ4n) is 2.90. The molecule has 1 saturated carbocycles. The van der Waals surface area contributed by atoms with Gasteiger partial charge in [-0.15, -0.1) is 0 Å². The monoisotopic (exact) mass is 345 g/mol. The second-order valence-electron chi connectivity index (χ2n) is 5.94. The van der Waals surface area contributed by atoms with Crippen LogP contribution in [0.25, 0.3) is 16.7 Å². The van der Waals surface area contributed by atoms with Gasteiger partial charge in [0.15, 0.2) is 5.65 Å². The number of pyridine rings is 1. The molecule has 24 heavy (non-hydrogen) atoms. The fourth-order valence-corrected chi connectivity index (χ4v) is 3.27. The van der Waals surface area contributed by atoms with Crippen LogP contribution in [0.1, 0.15) is 40.5 Å². The van der Waals surface area contributed by atoms with E-state index in [1.807, 2.05) is 0 Å². The Labute approximate surface area is 141 Å². The third-order valence-electron chi connectivity index (χ3n) is 4.21. The minimum absolute atomic E-state index is 0.0365. The van der Waals surface area contributed by atoms with Crippen molar-refractivity contribution in [3.63, 3.8) is 0 Å². The van der Waals surface area contributed by atoms with E-state index in [1.54, 1.807) is 23.7 Å². The first-order chi connectivity index (χ1) is 11.5. The average molecular weight is 346 g/mol. The maximum absolute atomic E-state index is 13.2. The molecule has 0 unspecified atom stereocenters. The lowest BCUT2D eigenvalue weighted by atomic mass is 10.1. The largest absolute Gasteiger partial charge is 0.478 e. The van der Waals surface area contributed by atoms with E-state index >= 15 is 0 Å². The zero-order valence-corrected chi connectivity index (χ0v) is 13.5. The van der Waals surface area contributed by atoms with Gasteiger partial charge in [-0.3, -0.25) is 0 Å². The Hall–Kier alpha value is -2.47. The Morgan fingerprint density at radius 3 is 2.58 bits per heavy atom. The van der Waals surface area contributed by atoms with E-state index in [1.165, 1.54) is 12.1 Å². The second kappa shape index (κ2) is 5.27. The highest BCUT2D eigenvalue weighted by Crippen LogP contribution is 2.44. The van der Waals surface area contributed by atoms with Crippen molar-refractivity contribution in [3.05, 3.63) is 52.1 Å². The third-order valence-corrected chi connectivity index (χ3v) is 4.59. The summed E-state index contributed by atoms with van der Waals surface area (Å²) in [4.78, 5) is 16.4. The van der Waals surface area contributed by atoms with E-state index in [0.717, 1.165) is 12.8 Å². The van der Waals surface area contributed by atoms with Gasteiger partial charge in [0.2, 0.25) is 0 Å². The van der Waals surface area contributed by atoms with Crippen LogP contribution in [0.15, 0.2) is 24.3 Å². The minimum Gasteiger partial charge on any atom is -0.478 e. The van der Waals surface area contributed by atoms with Gasteiger partial charge in [0, 0.05) is 5.92 Å². The predicted octanol–water partition coefficient (Wildman–Crippen LogP) is 4.10. The molecule has 2 heterocycles. The van der Waals surface area contributed by atoms with Gasteiger partial charge in [-0.1, -0.05) is 11.6 Å². The summed E-state index contributed by atoms with van der Waals surface area (Å²) in [5, 5.41) is 14.6. The van der Waals surface area contributed by atoms with Crippen LogP contribution in [-0.4, -0.2) is 25.8 Å². The Morgan fingerprint density at radius 1 is 1.33 bits per heavy atom. The van der Waals surface area contributed by atoms with E-state index in [9.17, 15) is 14.3 Å². The maximum atomic E-state index is 13.2. The van der Waals surface area contributed by atoms with Gasteiger partial charge in [-0.25, -0.2) is 18.9 Å². The molecule has 122 valence electrons. The molecule has 0 aliphatic heterocycles. The van der Waals surface area contributed by atoms with E-state index in [4.69, 9.17) is 11.6 Å². The van der Waals surface area contributed by atoms with Crippen LogP contribution in [0.3, 0.4) is 0 Å². The number of hydrogen-bond acceptors (Lipinski definition) is 3. The number of halogens is 2. The predicted molar refractivity (Wildman–Crippen MR) is 87.5 cm³/mol. The molecule has 1 aliphatic rings. The lowest BCUT2D eigenvalue weighted by Gasteiger charge is -2.09. The summed E-state index contributed by atoms with van der Waals surface area (Å²) in [6.07, 6.45) is 1.89. The number of carbonyl (C=O) groups is 1. The number of aromatic carboxylic acids is 1. The quantitative estimate of drug-likeness (QED) is 0.776. The lowest BCUT2D eigenvalue weighted by Crippen LogP contribution is -2.05. The topological polar surface area (TPSA) is 68.0 Å². The molecule has 2 aromatic heterocycles. The average Bonchev–Trinajstić information content (AvgIpc) is 3.33. The highest BCUT2D eigenvalue weighted by molar-refractivity contribution is 6.35. The van der Waals surface area contributed by atoms with Crippen LogP contribution in [0, 0.1) is 12.7 Å². The highest BCUT2D eigenvalue weighted by Gasteiger charge is 2.32. The summed E-state index contributed by atoms with van der Waals surface area (Å²) in [7, 11) is 0. The molecular weight excluding hydrogens is 333 g/mol. The van der Waals surface area contributed by atoms with E-state index in [-0.39, 0.29) is 22.3 Å². The number of rotatable bonds is 3. The first kappa shape index (κ1) is 15.1. The van der Waals surface area contributed by atoms with Crippen LogP contribution >= 0.6 is 11.6 Å². The zero-order chi connectivity index (χ0) is 17.0. The number of carboxylic acid groups (broad SMARTS) is 1. The van der Waals surface area contributed by atoms with Crippen molar-refractivity contribution in [1.82, 2.24) is 14.8 Å². The molecule has 0 atom stereocenters. The summed E-state index contributed by atoms with van der Waals surface area (Å²) in [5.74, 6) is -1.26. The van der Waals surface area contributed by atoms with E-state index in [2.05, 4.69) is 10.1 Å². The molecule has 7 heteroatoms. The minimum atomic E-state index is -1.10.